The molecule has 10 heteroatoms. The topological polar surface area (TPSA) is 138 Å². The molecule has 0 saturated heterocycles. The van der Waals surface area contributed by atoms with Crippen LogP contribution in [0.15, 0.2) is 36.4 Å². The van der Waals surface area contributed by atoms with E-state index in [9.17, 15) is 14.7 Å². The number of aliphatic carboxylic acids is 1. The van der Waals surface area contributed by atoms with Gasteiger partial charge in [-0.15, -0.1) is 0 Å². The molecular formula is C20H20Cl2N4O4. The van der Waals surface area contributed by atoms with Crippen LogP contribution in [0.25, 0.3) is 0 Å². The number of ether oxygens (including phenoxy) is 1. The minimum atomic E-state index is -1.26. The molecule has 6 N–H and O–H groups in total. The zero-order valence-corrected chi connectivity index (χ0v) is 17.3. The number of amides is 1. The van der Waals surface area contributed by atoms with Crippen molar-refractivity contribution in [3.63, 3.8) is 0 Å². The van der Waals surface area contributed by atoms with Gasteiger partial charge in [0.05, 0.1) is 5.02 Å². The Labute approximate surface area is 182 Å². The van der Waals surface area contributed by atoms with Crippen molar-refractivity contribution < 1.29 is 19.4 Å². The van der Waals surface area contributed by atoms with Crippen LogP contribution in [-0.4, -0.2) is 35.5 Å². The molecule has 8 nitrogen and oxygen atoms in total. The predicted molar refractivity (Wildman–Crippen MR) is 115 cm³/mol. The van der Waals surface area contributed by atoms with Crippen LogP contribution in [0.2, 0.25) is 10.0 Å². The first-order chi connectivity index (χ1) is 14.2. The standard InChI is InChI=1S/C20H20Cl2N4O4/c21-11-7-14(18(15(22)8-11)30-9-16(27)25-12-5-6-12)17(20(28)29)26-13-3-1-10(2-4-13)19(23)24/h1-4,7-8,12,17,26H,5-6,9H2,(H3,23,24)(H,25,27)(H,28,29). The Morgan fingerprint density at radius 1 is 1.23 bits per heavy atom. The lowest BCUT2D eigenvalue weighted by molar-refractivity contribution is -0.138. The van der Waals surface area contributed by atoms with Gasteiger partial charge >= 0.3 is 5.97 Å². The number of nitrogen functional groups attached to an aromatic ring is 1. The molecule has 0 aromatic heterocycles. The zero-order chi connectivity index (χ0) is 21.8. The van der Waals surface area contributed by atoms with Crippen molar-refractivity contribution in [3.8, 4) is 5.75 Å². The Bertz CT molecular complexity index is 978. The maximum atomic E-state index is 12.0. The van der Waals surface area contributed by atoms with Crippen molar-refractivity contribution in [2.45, 2.75) is 24.9 Å². The van der Waals surface area contributed by atoms with E-state index in [-0.39, 0.29) is 45.7 Å². The number of benzene rings is 2. The Morgan fingerprint density at radius 3 is 2.47 bits per heavy atom. The number of carbonyl (C=O) groups excluding carboxylic acids is 1. The fourth-order valence-corrected chi connectivity index (χ4v) is 3.33. The van der Waals surface area contributed by atoms with Gasteiger partial charge in [0.15, 0.2) is 12.6 Å². The number of hydrogen-bond acceptors (Lipinski definition) is 5. The van der Waals surface area contributed by atoms with E-state index in [0.717, 1.165) is 12.8 Å². The first-order valence-electron chi connectivity index (χ1n) is 9.09. The summed E-state index contributed by atoms with van der Waals surface area (Å²) in [6, 6.07) is 8.14. The van der Waals surface area contributed by atoms with E-state index in [2.05, 4.69) is 10.6 Å². The minimum Gasteiger partial charge on any atom is -0.482 e. The molecule has 1 amide bonds. The maximum absolute atomic E-state index is 12.0. The highest BCUT2D eigenvalue weighted by Crippen LogP contribution is 2.37. The van der Waals surface area contributed by atoms with Gasteiger partial charge in [-0.25, -0.2) is 4.79 Å². The van der Waals surface area contributed by atoms with Gasteiger partial charge in [0.1, 0.15) is 11.6 Å². The summed E-state index contributed by atoms with van der Waals surface area (Å²) in [5.41, 5.74) is 6.59. The lowest BCUT2D eigenvalue weighted by atomic mass is 10.0. The van der Waals surface area contributed by atoms with E-state index in [1.807, 2.05) is 0 Å². The van der Waals surface area contributed by atoms with Gasteiger partial charge in [0.2, 0.25) is 0 Å². The lowest BCUT2D eigenvalue weighted by Crippen LogP contribution is -2.31. The maximum Gasteiger partial charge on any atom is 0.330 e. The van der Waals surface area contributed by atoms with Gasteiger partial charge in [0.25, 0.3) is 5.91 Å². The van der Waals surface area contributed by atoms with Crippen molar-refractivity contribution in [3.05, 3.63) is 57.6 Å². The average molecular weight is 451 g/mol. The summed E-state index contributed by atoms with van der Waals surface area (Å²) in [5, 5.41) is 23.2. The fourth-order valence-electron chi connectivity index (χ4n) is 2.77. The van der Waals surface area contributed by atoms with Crippen molar-refractivity contribution in [1.29, 1.82) is 5.41 Å². The van der Waals surface area contributed by atoms with E-state index < -0.39 is 12.0 Å². The van der Waals surface area contributed by atoms with Crippen molar-refractivity contribution in [1.82, 2.24) is 5.32 Å². The molecule has 0 bridgehead atoms. The Kier molecular flexibility index (Phi) is 6.69. The van der Waals surface area contributed by atoms with Crippen LogP contribution >= 0.6 is 23.2 Å². The Balaban J connectivity index is 1.85. The predicted octanol–water partition coefficient (Wildman–Crippen LogP) is 3.17. The third-order valence-corrected chi connectivity index (χ3v) is 4.89. The minimum absolute atomic E-state index is 0.0623. The molecule has 1 fully saturated rings. The van der Waals surface area contributed by atoms with Gasteiger partial charge in [-0.05, 0) is 49.2 Å². The van der Waals surface area contributed by atoms with E-state index in [4.69, 9.17) is 39.1 Å². The average Bonchev–Trinajstić information content (AvgIpc) is 3.49. The smallest absolute Gasteiger partial charge is 0.330 e. The molecule has 2 aromatic carbocycles. The van der Waals surface area contributed by atoms with E-state index in [0.29, 0.717) is 11.3 Å². The molecule has 158 valence electrons. The normalized spacial score (nSPS) is 13.9. The number of amidine groups is 1. The van der Waals surface area contributed by atoms with Crippen LogP contribution in [-0.2, 0) is 9.59 Å². The second kappa shape index (κ2) is 9.23. The summed E-state index contributed by atoms with van der Waals surface area (Å²) >= 11 is 12.3. The first kappa shape index (κ1) is 21.7. The summed E-state index contributed by atoms with van der Waals surface area (Å²) in [4.78, 5) is 24.0. The van der Waals surface area contributed by atoms with Gasteiger partial charge in [0, 0.05) is 27.9 Å². The number of rotatable bonds is 9. The molecule has 1 aliphatic rings. The molecule has 1 atom stereocenters. The third-order valence-electron chi connectivity index (χ3n) is 4.39. The number of anilines is 1. The number of carboxylic acids is 1. The molecule has 1 aliphatic carbocycles. The quantitative estimate of drug-likeness (QED) is 0.293. The van der Waals surface area contributed by atoms with Gasteiger partial charge < -0.3 is 26.2 Å². The summed E-state index contributed by atoms with van der Waals surface area (Å²) in [6.07, 6.45) is 1.87. The number of hydrogen-bond donors (Lipinski definition) is 5. The highest BCUT2D eigenvalue weighted by molar-refractivity contribution is 6.35. The summed E-state index contributed by atoms with van der Waals surface area (Å²) in [6.45, 7) is -0.301. The summed E-state index contributed by atoms with van der Waals surface area (Å²) < 4.78 is 5.58. The third kappa shape index (κ3) is 5.55. The van der Waals surface area contributed by atoms with Crippen molar-refractivity contribution >= 4 is 46.6 Å². The molecular weight excluding hydrogens is 431 g/mol. The van der Waals surface area contributed by atoms with E-state index >= 15 is 0 Å². The van der Waals surface area contributed by atoms with Gasteiger partial charge in [-0.1, -0.05) is 23.2 Å². The highest BCUT2D eigenvalue weighted by atomic mass is 35.5. The van der Waals surface area contributed by atoms with E-state index in [1.54, 1.807) is 24.3 Å². The van der Waals surface area contributed by atoms with Crippen LogP contribution in [0.5, 0.6) is 5.75 Å². The molecule has 0 spiro atoms. The van der Waals surface area contributed by atoms with Crippen LogP contribution < -0.4 is 21.1 Å². The summed E-state index contributed by atoms with van der Waals surface area (Å²) in [5.74, 6) is -1.55. The van der Waals surface area contributed by atoms with Crippen LogP contribution in [0.1, 0.15) is 30.0 Å². The van der Waals surface area contributed by atoms with Crippen molar-refractivity contribution in [2.24, 2.45) is 5.73 Å². The number of halogens is 2. The number of nitrogens with one attached hydrogen (secondary N) is 3. The number of nitrogens with two attached hydrogens (primary N) is 1. The lowest BCUT2D eigenvalue weighted by Gasteiger charge is -2.21. The molecule has 0 aliphatic heterocycles. The highest BCUT2D eigenvalue weighted by Gasteiger charge is 2.27. The second-order valence-corrected chi connectivity index (χ2v) is 7.69. The first-order valence-corrected chi connectivity index (χ1v) is 9.85. The molecule has 2 aromatic rings. The molecule has 0 radical (unpaired) electrons. The van der Waals surface area contributed by atoms with Gasteiger partial charge in [-0.3, -0.25) is 10.2 Å². The largest absolute Gasteiger partial charge is 0.482 e. The van der Waals surface area contributed by atoms with Crippen LogP contribution in [0.4, 0.5) is 5.69 Å². The molecule has 1 unspecified atom stereocenters. The SMILES string of the molecule is N=C(N)c1ccc(NC(C(=O)O)c2cc(Cl)cc(Cl)c2OCC(=O)NC2CC2)cc1. The van der Waals surface area contributed by atoms with Gasteiger partial charge in [-0.2, -0.15) is 0 Å². The summed E-state index contributed by atoms with van der Waals surface area (Å²) in [7, 11) is 0. The Morgan fingerprint density at radius 2 is 1.90 bits per heavy atom. The monoisotopic (exact) mass is 450 g/mol. The zero-order valence-electron chi connectivity index (χ0n) is 15.7. The molecule has 0 heterocycles. The Hall–Kier alpha value is -2.97. The molecule has 3 rings (SSSR count). The van der Waals surface area contributed by atoms with Crippen LogP contribution in [0.3, 0.4) is 0 Å². The number of carboxylic acid groups (broad SMARTS) is 1. The van der Waals surface area contributed by atoms with E-state index in [1.165, 1.54) is 12.1 Å². The second-order valence-electron chi connectivity index (χ2n) is 6.84. The number of carbonyl (C=O) groups is 2. The molecule has 1 saturated carbocycles. The van der Waals surface area contributed by atoms with Crippen molar-refractivity contribution in [2.75, 3.05) is 11.9 Å². The fraction of sp³-hybridized carbons (Fsp3) is 0.250. The van der Waals surface area contributed by atoms with Crippen LogP contribution in [0, 0.1) is 5.41 Å². The molecule has 30 heavy (non-hydrogen) atoms.